The van der Waals surface area contributed by atoms with Crippen LogP contribution in [0.25, 0.3) is 5.57 Å². The van der Waals surface area contributed by atoms with Crippen molar-refractivity contribution in [2.45, 2.75) is 44.5 Å². The summed E-state index contributed by atoms with van der Waals surface area (Å²) >= 11 is 0. The minimum atomic E-state index is -0.502. The molecular formula is C28H27FN2O5. The van der Waals surface area contributed by atoms with Gasteiger partial charge in [-0.1, -0.05) is 30.3 Å². The molecule has 0 saturated carbocycles. The number of esters is 1. The van der Waals surface area contributed by atoms with E-state index in [0.29, 0.717) is 35.5 Å². The summed E-state index contributed by atoms with van der Waals surface area (Å²) in [6, 6.07) is 16.7. The van der Waals surface area contributed by atoms with Crippen LogP contribution in [-0.2, 0) is 22.7 Å². The molecule has 36 heavy (non-hydrogen) atoms. The maximum Gasteiger partial charge on any atom is 0.336 e. The number of carbonyl (C=O) groups excluding carboxylic acids is 2. The fraction of sp³-hybridized carbons (Fsp3) is 0.286. The summed E-state index contributed by atoms with van der Waals surface area (Å²) in [5.41, 5.74) is 2.72. The highest BCUT2D eigenvalue weighted by atomic mass is 19.1. The third-order valence-corrected chi connectivity index (χ3v) is 6.74. The number of nitrogens with zero attached hydrogens (tertiary/aromatic N) is 1. The maximum atomic E-state index is 14.2. The number of methoxy groups -OCH3 is 1. The standard InChI is InChI=1S/C28H27FN2O5/c1-34-27(32)26-23(22-11-9-19(29)14-25(22)36-17-18-6-3-2-4-7-18)15-20-10-12-24(26)31(20)28(33)30-16-21-8-5-13-35-21/h2-9,11,13-14,20,24H,10,12,15-17H2,1H3,(H,30,33)/t20-,24+/m0/s1. The van der Waals surface area contributed by atoms with Gasteiger partial charge in [0.1, 0.15) is 23.9 Å². The van der Waals surface area contributed by atoms with Gasteiger partial charge in [0.2, 0.25) is 0 Å². The SMILES string of the molecule is COC(=O)C1=C(c2ccc(F)cc2OCc2ccccc2)C[C@@H]2CC[C@H]1N2C(=O)NCc1ccco1. The average molecular weight is 491 g/mol. The molecule has 3 aromatic rings. The highest BCUT2D eigenvalue weighted by molar-refractivity contribution is 6.01. The summed E-state index contributed by atoms with van der Waals surface area (Å²) in [6.45, 7) is 0.508. The Morgan fingerprint density at radius 1 is 1.11 bits per heavy atom. The lowest BCUT2D eigenvalue weighted by molar-refractivity contribution is -0.136. The summed E-state index contributed by atoms with van der Waals surface area (Å²) < 4.78 is 30.7. The molecule has 2 atom stereocenters. The van der Waals surface area contributed by atoms with Crippen LogP contribution < -0.4 is 10.1 Å². The van der Waals surface area contributed by atoms with E-state index in [9.17, 15) is 14.0 Å². The molecule has 0 spiro atoms. The highest BCUT2D eigenvalue weighted by Gasteiger charge is 2.47. The first-order valence-corrected chi connectivity index (χ1v) is 11.9. The summed E-state index contributed by atoms with van der Waals surface area (Å²) in [4.78, 5) is 27.9. The number of urea groups is 1. The number of benzene rings is 2. The van der Waals surface area contributed by atoms with E-state index in [1.54, 1.807) is 29.4 Å². The predicted molar refractivity (Wildman–Crippen MR) is 130 cm³/mol. The zero-order valence-corrected chi connectivity index (χ0v) is 19.9. The van der Waals surface area contributed by atoms with Crippen molar-refractivity contribution in [1.82, 2.24) is 10.2 Å². The zero-order chi connectivity index (χ0) is 25.1. The van der Waals surface area contributed by atoms with E-state index >= 15 is 0 Å². The van der Waals surface area contributed by atoms with Gasteiger partial charge in [-0.05, 0) is 54.7 Å². The zero-order valence-electron chi connectivity index (χ0n) is 19.9. The molecule has 1 N–H and O–H groups in total. The quantitative estimate of drug-likeness (QED) is 0.468. The molecule has 0 unspecified atom stereocenters. The molecule has 2 aliphatic rings. The van der Waals surface area contributed by atoms with Crippen LogP contribution in [0.5, 0.6) is 5.75 Å². The Morgan fingerprint density at radius 3 is 2.69 bits per heavy atom. The van der Waals surface area contributed by atoms with Gasteiger partial charge >= 0.3 is 12.0 Å². The van der Waals surface area contributed by atoms with Gasteiger partial charge in [0, 0.05) is 17.7 Å². The van der Waals surface area contributed by atoms with Gasteiger partial charge in [-0.15, -0.1) is 0 Å². The third kappa shape index (κ3) is 4.71. The molecule has 0 radical (unpaired) electrons. The Labute approximate surface area is 208 Å². The van der Waals surface area contributed by atoms with Crippen molar-refractivity contribution in [3.63, 3.8) is 0 Å². The van der Waals surface area contributed by atoms with Gasteiger partial charge in [0.05, 0.1) is 31.5 Å². The van der Waals surface area contributed by atoms with Crippen LogP contribution >= 0.6 is 0 Å². The van der Waals surface area contributed by atoms with Crippen molar-refractivity contribution in [2.75, 3.05) is 7.11 Å². The first kappa shape index (κ1) is 23.7. The average Bonchev–Trinajstić information content (AvgIpc) is 3.53. The van der Waals surface area contributed by atoms with Crippen LogP contribution in [0.4, 0.5) is 9.18 Å². The van der Waals surface area contributed by atoms with E-state index in [1.807, 2.05) is 30.3 Å². The van der Waals surface area contributed by atoms with Crippen LogP contribution in [0.15, 0.2) is 76.9 Å². The Balaban J connectivity index is 1.46. The van der Waals surface area contributed by atoms with E-state index in [-0.39, 0.29) is 25.2 Å². The Bertz CT molecular complexity index is 1270. The molecule has 2 aromatic carbocycles. The fourth-order valence-electron chi connectivity index (χ4n) is 5.11. The molecule has 2 aliphatic heterocycles. The number of nitrogens with one attached hydrogen (secondary N) is 1. The molecule has 1 saturated heterocycles. The van der Waals surface area contributed by atoms with E-state index < -0.39 is 17.8 Å². The molecule has 0 aliphatic carbocycles. The Hall–Kier alpha value is -4.07. The van der Waals surface area contributed by atoms with E-state index in [4.69, 9.17) is 13.9 Å². The number of amides is 2. The topological polar surface area (TPSA) is 81.0 Å². The predicted octanol–water partition coefficient (Wildman–Crippen LogP) is 5.07. The number of hydrogen-bond acceptors (Lipinski definition) is 5. The molecule has 2 amide bonds. The second kappa shape index (κ2) is 10.3. The monoisotopic (exact) mass is 490 g/mol. The van der Waals surface area contributed by atoms with Gasteiger partial charge < -0.3 is 24.1 Å². The summed E-state index contributed by atoms with van der Waals surface area (Å²) in [5.74, 6) is 0.0614. The number of furan rings is 1. The molecule has 1 aromatic heterocycles. The van der Waals surface area contributed by atoms with Crippen LogP contribution in [-0.4, -0.2) is 36.1 Å². The lowest BCUT2D eigenvalue weighted by Crippen LogP contribution is -2.50. The second-order valence-electron chi connectivity index (χ2n) is 8.90. The number of halogens is 1. The van der Waals surface area contributed by atoms with Crippen LogP contribution in [0, 0.1) is 5.82 Å². The number of fused-ring (bicyclic) bond motifs is 2. The number of ether oxygens (including phenoxy) is 2. The van der Waals surface area contributed by atoms with E-state index in [2.05, 4.69) is 5.32 Å². The van der Waals surface area contributed by atoms with Gasteiger partial charge in [0.25, 0.3) is 0 Å². The van der Waals surface area contributed by atoms with Gasteiger partial charge in [-0.2, -0.15) is 0 Å². The first-order valence-electron chi connectivity index (χ1n) is 11.9. The highest BCUT2D eigenvalue weighted by Crippen LogP contribution is 2.45. The maximum absolute atomic E-state index is 14.2. The summed E-state index contributed by atoms with van der Waals surface area (Å²) in [7, 11) is 1.33. The molecule has 186 valence electrons. The molecule has 7 nitrogen and oxygen atoms in total. The lowest BCUT2D eigenvalue weighted by atomic mass is 9.88. The van der Waals surface area contributed by atoms with Crippen molar-refractivity contribution in [1.29, 1.82) is 0 Å². The molecule has 3 heterocycles. The normalized spacial score (nSPS) is 18.8. The molecule has 8 heteroatoms. The minimum Gasteiger partial charge on any atom is -0.488 e. The van der Waals surface area contributed by atoms with Crippen molar-refractivity contribution >= 4 is 17.6 Å². The summed E-state index contributed by atoms with van der Waals surface area (Å²) in [5, 5.41) is 2.89. The van der Waals surface area contributed by atoms with Crippen LogP contribution in [0.2, 0.25) is 0 Å². The van der Waals surface area contributed by atoms with Gasteiger partial charge in [-0.3, -0.25) is 0 Å². The van der Waals surface area contributed by atoms with Crippen molar-refractivity contribution in [3.8, 4) is 5.75 Å². The van der Waals surface area contributed by atoms with E-state index in [1.165, 1.54) is 19.2 Å². The molecular weight excluding hydrogens is 463 g/mol. The smallest absolute Gasteiger partial charge is 0.336 e. The van der Waals surface area contributed by atoms with Crippen LogP contribution in [0.3, 0.4) is 0 Å². The largest absolute Gasteiger partial charge is 0.488 e. The molecule has 2 bridgehead atoms. The lowest BCUT2D eigenvalue weighted by Gasteiger charge is -2.37. The third-order valence-electron chi connectivity index (χ3n) is 6.74. The van der Waals surface area contributed by atoms with Crippen LogP contribution in [0.1, 0.15) is 36.1 Å². The van der Waals surface area contributed by atoms with Gasteiger partial charge in [0.15, 0.2) is 0 Å². The minimum absolute atomic E-state index is 0.109. The number of rotatable bonds is 7. The Morgan fingerprint density at radius 2 is 1.94 bits per heavy atom. The molecule has 5 rings (SSSR count). The van der Waals surface area contributed by atoms with Crippen molar-refractivity contribution in [2.24, 2.45) is 0 Å². The fourth-order valence-corrected chi connectivity index (χ4v) is 5.11. The van der Waals surface area contributed by atoms with Crippen molar-refractivity contribution in [3.05, 3.63) is 95.2 Å². The van der Waals surface area contributed by atoms with Gasteiger partial charge in [-0.25, -0.2) is 14.0 Å². The molecule has 1 fully saturated rings. The second-order valence-corrected chi connectivity index (χ2v) is 8.90. The number of hydrogen-bond donors (Lipinski definition) is 1. The van der Waals surface area contributed by atoms with E-state index in [0.717, 1.165) is 17.6 Å². The first-order chi connectivity index (χ1) is 17.5. The number of carbonyl (C=O) groups is 2. The van der Waals surface area contributed by atoms with Crippen molar-refractivity contribution < 1.29 is 27.9 Å². The Kier molecular flexibility index (Phi) is 6.75. The summed E-state index contributed by atoms with van der Waals surface area (Å²) in [6.07, 6.45) is 3.36.